The van der Waals surface area contributed by atoms with Crippen LogP contribution in [0.25, 0.3) is 0 Å². The molecule has 0 atom stereocenters. The molecule has 1 amide bonds. The first-order valence-electron chi connectivity index (χ1n) is 7.07. The Kier molecular flexibility index (Phi) is 4.44. The van der Waals surface area contributed by atoms with Crippen LogP contribution in [0.15, 0.2) is 0 Å². The van der Waals surface area contributed by atoms with E-state index in [0.717, 1.165) is 0 Å². The first-order valence-corrected chi connectivity index (χ1v) is 8.92. The van der Waals surface area contributed by atoms with E-state index < -0.39 is 10.0 Å². The zero-order valence-corrected chi connectivity index (χ0v) is 14.1. The fourth-order valence-corrected chi connectivity index (χ4v) is 3.70. The van der Waals surface area contributed by atoms with E-state index in [9.17, 15) is 18.0 Å². The van der Waals surface area contributed by atoms with Crippen molar-refractivity contribution in [2.24, 2.45) is 0 Å². The van der Waals surface area contributed by atoms with Crippen molar-refractivity contribution < 1.29 is 18.0 Å². The number of rotatable bonds is 3. The molecule has 1 N–H and O–H groups in total. The Hall–Kier alpha value is -1.67. The summed E-state index contributed by atoms with van der Waals surface area (Å²) in [6.45, 7) is 6.27. The summed E-state index contributed by atoms with van der Waals surface area (Å²) in [5, 5.41) is 0. The highest BCUT2D eigenvalue weighted by Crippen LogP contribution is 2.20. The van der Waals surface area contributed by atoms with E-state index in [1.54, 1.807) is 18.7 Å². The number of amides is 1. The topological polar surface area (TPSA) is 90.6 Å². The van der Waals surface area contributed by atoms with Crippen molar-refractivity contribution in [3.05, 3.63) is 22.5 Å². The lowest BCUT2D eigenvalue weighted by atomic mass is 10.1. The van der Waals surface area contributed by atoms with E-state index in [2.05, 4.69) is 4.98 Å². The summed E-state index contributed by atoms with van der Waals surface area (Å²) in [6.07, 6.45) is 1.17. The number of H-pyrrole nitrogens is 1. The molecule has 1 aromatic heterocycles. The number of carbonyl (C=O) groups is 2. The highest BCUT2D eigenvalue weighted by atomic mass is 32.2. The number of ketones is 1. The van der Waals surface area contributed by atoms with Crippen LogP contribution in [0.4, 0.5) is 0 Å². The maximum Gasteiger partial charge on any atom is 0.270 e. The second-order valence-electron chi connectivity index (χ2n) is 5.64. The summed E-state index contributed by atoms with van der Waals surface area (Å²) >= 11 is 0. The third-order valence-corrected chi connectivity index (χ3v) is 5.30. The minimum Gasteiger partial charge on any atom is -0.354 e. The van der Waals surface area contributed by atoms with Gasteiger partial charge in [0.2, 0.25) is 10.0 Å². The third kappa shape index (κ3) is 3.07. The molecule has 0 radical (unpaired) electrons. The number of piperazine rings is 1. The Balaban J connectivity index is 2.18. The number of sulfonamides is 1. The fourth-order valence-electron chi connectivity index (χ4n) is 2.87. The van der Waals surface area contributed by atoms with Gasteiger partial charge in [-0.2, -0.15) is 4.31 Å². The van der Waals surface area contributed by atoms with Gasteiger partial charge in [-0.3, -0.25) is 9.59 Å². The number of nitrogens with one attached hydrogen (secondary N) is 1. The number of aryl methyl sites for hydroxylation is 1. The van der Waals surface area contributed by atoms with Crippen LogP contribution in [0.2, 0.25) is 0 Å². The van der Waals surface area contributed by atoms with Gasteiger partial charge in [0.15, 0.2) is 5.78 Å². The van der Waals surface area contributed by atoms with Gasteiger partial charge in [0, 0.05) is 37.4 Å². The van der Waals surface area contributed by atoms with Crippen molar-refractivity contribution in [1.82, 2.24) is 14.2 Å². The molecule has 7 nitrogen and oxygen atoms in total. The summed E-state index contributed by atoms with van der Waals surface area (Å²) in [7, 11) is -3.22. The SMILES string of the molecule is CC(=O)c1c(C)[nH]c(C(=O)N2CCN(S(C)(=O)=O)CC2)c1C. The van der Waals surface area contributed by atoms with Crippen molar-refractivity contribution in [2.75, 3.05) is 32.4 Å². The first-order chi connectivity index (χ1) is 10.1. The minimum atomic E-state index is -3.22. The standard InChI is InChI=1S/C14H21N3O4S/c1-9-12(11(3)18)10(2)15-13(9)14(19)16-5-7-17(8-6-16)22(4,20)21/h15H,5-8H2,1-4H3. The van der Waals surface area contributed by atoms with E-state index >= 15 is 0 Å². The zero-order chi connectivity index (χ0) is 16.7. The molecular weight excluding hydrogens is 306 g/mol. The fraction of sp³-hybridized carbons (Fsp3) is 0.571. The predicted octanol–water partition coefficient (Wildman–Crippen LogP) is 0.552. The van der Waals surface area contributed by atoms with Gasteiger partial charge in [-0.25, -0.2) is 8.42 Å². The molecular formula is C14H21N3O4S. The average molecular weight is 327 g/mol. The number of carbonyl (C=O) groups excluding carboxylic acids is 2. The molecule has 122 valence electrons. The monoisotopic (exact) mass is 327 g/mol. The molecule has 0 aliphatic carbocycles. The molecule has 22 heavy (non-hydrogen) atoms. The molecule has 1 saturated heterocycles. The average Bonchev–Trinajstić information content (AvgIpc) is 2.72. The van der Waals surface area contributed by atoms with E-state index in [1.807, 2.05) is 0 Å². The normalized spacial score (nSPS) is 16.8. The van der Waals surface area contributed by atoms with Gasteiger partial charge in [-0.05, 0) is 26.3 Å². The number of aromatic nitrogens is 1. The van der Waals surface area contributed by atoms with Gasteiger partial charge in [0.25, 0.3) is 5.91 Å². The van der Waals surface area contributed by atoms with E-state index in [0.29, 0.717) is 48.7 Å². The van der Waals surface area contributed by atoms with Gasteiger partial charge >= 0.3 is 0 Å². The molecule has 8 heteroatoms. The van der Waals surface area contributed by atoms with Crippen LogP contribution < -0.4 is 0 Å². The van der Waals surface area contributed by atoms with Gasteiger partial charge in [0.05, 0.1) is 6.26 Å². The van der Waals surface area contributed by atoms with Crippen molar-refractivity contribution in [3.8, 4) is 0 Å². The molecule has 0 spiro atoms. The molecule has 0 unspecified atom stereocenters. The summed E-state index contributed by atoms with van der Waals surface area (Å²) in [4.78, 5) is 28.8. The van der Waals surface area contributed by atoms with Crippen molar-refractivity contribution >= 4 is 21.7 Å². The van der Waals surface area contributed by atoms with Crippen LogP contribution in [-0.2, 0) is 10.0 Å². The number of hydrogen-bond acceptors (Lipinski definition) is 4. The van der Waals surface area contributed by atoms with Crippen LogP contribution in [0.3, 0.4) is 0 Å². The lowest BCUT2D eigenvalue weighted by molar-refractivity contribution is 0.0692. The molecule has 2 rings (SSSR count). The maximum absolute atomic E-state index is 12.6. The Morgan fingerprint density at radius 2 is 1.64 bits per heavy atom. The highest BCUT2D eigenvalue weighted by Gasteiger charge is 2.29. The number of hydrogen-bond donors (Lipinski definition) is 1. The Bertz CT molecular complexity index is 713. The molecule has 1 fully saturated rings. The van der Waals surface area contributed by atoms with Crippen molar-refractivity contribution in [1.29, 1.82) is 0 Å². The van der Waals surface area contributed by atoms with Gasteiger partial charge < -0.3 is 9.88 Å². The summed E-state index contributed by atoms with van der Waals surface area (Å²) in [5.74, 6) is -0.270. The Morgan fingerprint density at radius 3 is 2.05 bits per heavy atom. The van der Waals surface area contributed by atoms with Crippen molar-refractivity contribution in [2.45, 2.75) is 20.8 Å². The maximum atomic E-state index is 12.6. The molecule has 0 bridgehead atoms. The molecule has 0 saturated carbocycles. The zero-order valence-electron chi connectivity index (χ0n) is 13.3. The van der Waals surface area contributed by atoms with Crippen LogP contribution in [0.5, 0.6) is 0 Å². The predicted molar refractivity (Wildman–Crippen MR) is 82.6 cm³/mol. The van der Waals surface area contributed by atoms with Gasteiger partial charge in [-0.1, -0.05) is 0 Å². The van der Waals surface area contributed by atoms with Crippen LogP contribution in [0, 0.1) is 13.8 Å². The van der Waals surface area contributed by atoms with Crippen LogP contribution >= 0.6 is 0 Å². The Morgan fingerprint density at radius 1 is 1.09 bits per heavy atom. The first kappa shape index (κ1) is 16.7. The lowest BCUT2D eigenvalue weighted by Crippen LogP contribution is -2.50. The van der Waals surface area contributed by atoms with E-state index in [1.165, 1.54) is 17.5 Å². The number of nitrogens with zero attached hydrogens (tertiary/aromatic N) is 2. The molecule has 1 aromatic rings. The summed E-state index contributed by atoms with van der Waals surface area (Å²) in [6, 6.07) is 0. The molecule has 1 aliphatic heterocycles. The smallest absolute Gasteiger partial charge is 0.270 e. The Labute approximate surface area is 130 Å². The molecule has 0 aromatic carbocycles. The lowest BCUT2D eigenvalue weighted by Gasteiger charge is -2.33. The summed E-state index contributed by atoms with van der Waals surface area (Å²) in [5.41, 5.74) is 2.30. The quantitative estimate of drug-likeness (QED) is 0.821. The number of Topliss-reactive ketones (excluding diaryl/α,β-unsaturated/α-hetero) is 1. The second kappa shape index (κ2) is 5.85. The van der Waals surface area contributed by atoms with Crippen LogP contribution in [-0.4, -0.2) is 66.7 Å². The van der Waals surface area contributed by atoms with E-state index in [-0.39, 0.29) is 11.7 Å². The van der Waals surface area contributed by atoms with E-state index in [4.69, 9.17) is 0 Å². The third-order valence-electron chi connectivity index (χ3n) is 4.00. The molecule has 1 aliphatic rings. The summed E-state index contributed by atoms with van der Waals surface area (Å²) < 4.78 is 24.3. The largest absolute Gasteiger partial charge is 0.354 e. The van der Waals surface area contributed by atoms with Gasteiger partial charge in [-0.15, -0.1) is 0 Å². The van der Waals surface area contributed by atoms with Crippen molar-refractivity contribution in [3.63, 3.8) is 0 Å². The number of aromatic amines is 1. The minimum absolute atomic E-state index is 0.0767. The van der Waals surface area contributed by atoms with Gasteiger partial charge in [0.1, 0.15) is 5.69 Å². The molecule has 2 heterocycles. The van der Waals surface area contributed by atoms with Crippen LogP contribution in [0.1, 0.15) is 39.0 Å². The second-order valence-corrected chi connectivity index (χ2v) is 7.62. The highest BCUT2D eigenvalue weighted by molar-refractivity contribution is 7.88.